The van der Waals surface area contributed by atoms with Crippen molar-refractivity contribution in [2.45, 2.75) is 26.5 Å². The van der Waals surface area contributed by atoms with E-state index in [9.17, 15) is 4.79 Å². The van der Waals surface area contributed by atoms with Crippen LogP contribution in [0, 0.1) is 0 Å². The number of carbonyl (C=O) groups excluding carboxylic acids is 1. The van der Waals surface area contributed by atoms with Gasteiger partial charge >= 0.3 is 0 Å². The number of aromatic nitrogens is 1. The van der Waals surface area contributed by atoms with E-state index in [1.165, 1.54) is 6.20 Å². The van der Waals surface area contributed by atoms with Crippen molar-refractivity contribution < 1.29 is 13.9 Å². The fourth-order valence-corrected chi connectivity index (χ4v) is 1.63. The molecule has 2 heterocycles. The highest BCUT2D eigenvalue weighted by Crippen LogP contribution is 2.17. The second-order valence-corrected chi connectivity index (χ2v) is 4.38. The van der Waals surface area contributed by atoms with Gasteiger partial charge in [-0.2, -0.15) is 0 Å². The average Bonchev–Trinajstić information content (AvgIpc) is 2.86. The zero-order chi connectivity index (χ0) is 13.8. The normalized spacial score (nSPS) is 10.7. The predicted octanol–water partition coefficient (Wildman–Crippen LogP) is 2.15. The first kappa shape index (κ1) is 13.3. The van der Waals surface area contributed by atoms with Crippen LogP contribution in [0.15, 0.2) is 35.0 Å². The van der Waals surface area contributed by atoms with Crippen molar-refractivity contribution in [1.82, 2.24) is 4.98 Å². The Hall–Kier alpha value is -2.14. The first-order valence-corrected chi connectivity index (χ1v) is 6.05. The molecule has 19 heavy (non-hydrogen) atoms. The Balaban J connectivity index is 2.23. The number of nitrogens with two attached hydrogens (primary N) is 1. The minimum absolute atomic E-state index is 0.0274. The largest absolute Gasteiger partial charge is 0.489 e. The van der Waals surface area contributed by atoms with Gasteiger partial charge in [-0.05, 0) is 32.0 Å². The maximum Gasteiger partial charge on any atom is 0.229 e. The van der Waals surface area contributed by atoms with Crippen molar-refractivity contribution in [2.24, 2.45) is 5.73 Å². The zero-order valence-corrected chi connectivity index (χ0v) is 10.9. The van der Waals surface area contributed by atoms with Crippen LogP contribution in [-0.4, -0.2) is 16.9 Å². The summed E-state index contributed by atoms with van der Waals surface area (Å²) in [5.41, 5.74) is 5.87. The van der Waals surface area contributed by atoms with E-state index in [-0.39, 0.29) is 24.2 Å². The van der Waals surface area contributed by atoms with E-state index in [2.05, 4.69) is 4.98 Å². The van der Waals surface area contributed by atoms with E-state index >= 15 is 0 Å². The number of ether oxygens (including phenoxy) is 1. The lowest BCUT2D eigenvalue weighted by molar-refractivity contribution is 0.101. The van der Waals surface area contributed by atoms with E-state index in [4.69, 9.17) is 14.9 Å². The van der Waals surface area contributed by atoms with Crippen molar-refractivity contribution >= 4 is 5.78 Å². The van der Waals surface area contributed by atoms with Crippen molar-refractivity contribution in [3.8, 4) is 5.75 Å². The number of ketones is 1. The molecule has 0 aliphatic rings. The molecule has 0 bridgehead atoms. The summed E-state index contributed by atoms with van der Waals surface area (Å²) in [5, 5.41) is 0. The highest BCUT2D eigenvalue weighted by atomic mass is 16.5. The molecule has 0 fully saturated rings. The molecule has 0 saturated carbocycles. The second kappa shape index (κ2) is 5.67. The van der Waals surface area contributed by atoms with Gasteiger partial charge in [0, 0.05) is 11.8 Å². The Morgan fingerprint density at radius 2 is 2.21 bits per heavy atom. The maximum atomic E-state index is 12.2. The summed E-state index contributed by atoms with van der Waals surface area (Å²) < 4.78 is 10.8. The fourth-order valence-electron chi connectivity index (χ4n) is 1.63. The van der Waals surface area contributed by atoms with Crippen LogP contribution < -0.4 is 10.5 Å². The Morgan fingerprint density at radius 3 is 2.84 bits per heavy atom. The van der Waals surface area contributed by atoms with Gasteiger partial charge in [-0.3, -0.25) is 9.78 Å². The zero-order valence-electron chi connectivity index (χ0n) is 10.9. The highest BCUT2D eigenvalue weighted by molar-refractivity contribution is 6.07. The van der Waals surface area contributed by atoms with Crippen molar-refractivity contribution in [3.05, 3.63) is 47.7 Å². The van der Waals surface area contributed by atoms with Crippen molar-refractivity contribution in [3.63, 3.8) is 0 Å². The minimum Gasteiger partial charge on any atom is -0.489 e. The molecule has 0 aliphatic carbocycles. The van der Waals surface area contributed by atoms with Gasteiger partial charge in [0.1, 0.15) is 11.5 Å². The van der Waals surface area contributed by atoms with Crippen LogP contribution in [0.3, 0.4) is 0 Å². The smallest absolute Gasteiger partial charge is 0.229 e. The van der Waals surface area contributed by atoms with Gasteiger partial charge in [0.25, 0.3) is 0 Å². The molecule has 2 rings (SSSR count). The SMILES string of the molecule is CC(C)Oc1cncc(C(=O)c2ccc(CN)o2)c1. The molecular weight excluding hydrogens is 244 g/mol. The van der Waals surface area contributed by atoms with Crippen LogP contribution >= 0.6 is 0 Å². The third-order valence-corrected chi connectivity index (χ3v) is 2.43. The van der Waals surface area contributed by atoms with Crippen LogP contribution in [0.1, 0.15) is 35.7 Å². The molecule has 0 aliphatic heterocycles. The Labute approximate surface area is 111 Å². The number of hydrogen-bond donors (Lipinski definition) is 1. The molecule has 5 nitrogen and oxygen atoms in total. The summed E-state index contributed by atoms with van der Waals surface area (Å²) in [5.74, 6) is 1.16. The summed E-state index contributed by atoms with van der Waals surface area (Å²) >= 11 is 0. The van der Waals surface area contributed by atoms with E-state index in [0.29, 0.717) is 17.1 Å². The van der Waals surface area contributed by atoms with E-state index in [0.717, 1.165) is 0 Å². The van der Waals surface area contributed by atoms with Gasteiger partial charge < -0.3 is 14.9 Å². The molecule has 0 aromatic carbocycles. The minimum atomic E-state index is -0.235. The molecule has 2 aromatic heterocycles. The summed E-state index contributed by atoms with van der Waals surface area (Å²) in [6, 6.07) is 4.95. The molecular formula is C14H16N2O3. The highest BCUT2D eigenvalue weighted by Gasteiger charge is 2.15. The molecule has 0 amide bonds. The first-order valence-electron chi connectivity index (χ1n) is 6.05. The Bertz CT molecular complexity index is 576. The third-order valence-electron chi connectivity index (χ3n) is 2.43. The molecule has 0 unspecified atom stereocenters. The number of hydrogen-bond acceptors (Lipinski definition) is 5. The molecule has 2 aromatic rings. The number of carbonyl (C=O) groups is 1. The molecule has 0 atom stereocenters. The summed E-state index contributed by atoms with van der Waals surface area (Å²) in [6.45, 7) is 4.09. The topological polar surface area (TPSA) is 78.3 Å². The fraction of sp³-hybridized carbons (Fsp3) is 0.286. The second-order valence-electron chi connectivity index (χ2n) is 4.38. The predicted molar refractivity (Wildman–Crippen MR) is 70.0 cm³/mol. The molecule has 100 valence electrons. The Kier molecular flexibility index (Phi) is 3.97. The molecule has 5 heteroatoms. The maximum absolute atomic E-state index is 12.2. The van der Waals surface area contributed by atoms with Crippen LogP contribution in [0.25, 0.3) is 0 Å². The van der Waals surface area contributed by atoms with Gasteiger partial charge in [-0.1, -0.05) is 0 Å². The van der Waals surface area contributed by atoms with Crippen LogP contribution in [0.2, 0.25) is 0 Å². The number of pyridine rings is 1. The quantitative estimate of drug-likeness (QED) is 0.833. The van der Waals surface area contributed by atoms with E-state index in [1.807, 2.05) is 13.8 Å². The van der Waals surface area contributed by atoms with E-state index in [1.54, 1.807) is 24.4 Å². The third kappa shape index (κ3) is 3.20. The number of rotatable bonds is 5. The summed E-state index contributed by atoms with van der Waals surface area (Å²) in [6.07, 6.45) is 3.09. The summed E-state index contributed by atoms with van der Waals surface area (Å²) in [7, 11) is 0. The Morgan fingerprint density at radius 1 is 1.42 bits per heavy atom. The number of furan rings is 1. The first-order chi connectivity index (χ1) is 9.10. The molecule has 2 N–H and O–H groups in total. The molecule has 0 spiro atoms. The van der Waals surface area contributed by atoms with Crippen molar-refractivity contribution in [1.29, 1.82) is 0 Å². The van der Waals surface area contributed by atoms with Gasteiger partial charge in [0.05, 0.1) is 18.8 Å². The van der Waals surface area contributed by atoms with Crippen LogP contribution in [0.4, 0.5) is 0 Å². The van der Waals surface area contributed by atoms with Gasteiger partial charge in [0.15, 0.2) is 5.76 Å². The monoisotopic (exact) mass is 260 g/mol. The van der Waals surface area contributed by atoms with E-state index < -0.39 is 0 Å². The van der Waals surface area contributed by atoms with Gasteiger partial charge in [-0.25, -0.2) is 0 Å². The summed E-state index contributed by atoms with van der Waals surface area (Å²) in [4.78, 5) is 16.2. The average molecular weight is 260 g/mol. The lowest BCUT2D eigenvalue weighted by Gasteiger charge is -2.09. The number of nitrogens with zero attached hydrogens (tertiary/aromatic N) is 1. The standard InChI is InChI=1S/C14H16N2O3/c1-9(2)18-12-5-10(7-16-8-12)14(17)13-4-3-11(6-15)19-13/h3-5,7-9H,6,15H2,1-2H3. The lowest BCUT2D eigenvalue weighted by atomic mass is 10.1. The molecule has 0 saturated heterocycles. The van der Waals surface area contributed by atoms with Gasteiger partial charge in [-0.15, -0.1) is 0 Å². The van der Waals surface area contributed by atoms with Crippen LogP contribution in [0.5, 0.6) is 5.75 Å². The molecule has 0 radical (unpaired) electrons. The lowest BCUT2D eigenvalue weighted by Crippen LogP contribution is -2.07. The van der Waals surface area contributed by atoms with Crippen molar-refractivity contribution in [2.75, 3.05) is 0 Å². The van der Waals surface area contributed by atoms with Crippen LogP contribution in [-0.2, 0) is 6.54 Å². The van der Waals surface area contributed by atoms with Gasteiger partial charge in [0.2, 0.25) is 5.78 Å².